The van der Waals surface area contributed by atoms with E-state index in [4.69, 9.17) is 0 Å². The molecule has 7 atom stereocenters. The summed E-state index contributed by atoms with van der Waals surface area (Å²) in [5.74, 6) is 2.54. The lowest BCUT2D eigenvalue weighted by Crippen LogP contribution is -2.62. The third kappa shape index (κ3) is 2.41. The van der Waals surface area contributed by atoms with Crippen molar-refractivity contribution in [3.8, 4) is 0 Å². The monoisotopic (exact) mass is 361 g/mol. The molecular formula is C21H35N3O2. The number of carbonyl (C=O) groups is 2. The largest absolute Gasteiger partial charge is 0.342 e. The Kier molecular flexibility index (Phi) is 4.27. The summed E-state index contributed by atoms with van der Waals surface area (Å²) in [4.78, 5) is 26.2. The number of piperidine rings is 1. The summed E-state index contributed by atoms with van der Waals surface area (Å²) in [5.41, 5.74) is 0.506. The molecule has 4 fully saturated rings. The van der Waals surface area contributed by atoms with Gasteiger partial charge in [0.15, 0.2) is 0 Å². The quantitative estimate of drug-likeness (QED) is 0.754. The molecule has 0 bridgehead atoms. The van der Waals surface area contributed by atoms with Gasteiger partial charge in [-0.25, -0.2) is 4.79 Å². The van der Waals surface area contributed by atoms with Crippen LogP contribution in [0.1, 0.15) is 65.2 Å². The molecule has 1 heterocycles. The van der Waals surface area contributed by atoms with Gasteiger partial charge < -0.3 is 15.5 Å². The fraction of sp³-hybridized carbons (Fsp3) is 0.905. The van der Waals surface area contributed by atoms with Crippen molar-refractivity contribution in [2.75, 3.05) is 14.1 Å². The van der Waals surface area contributed by atoms with Crippen molar-refractivity contribution >= 4 is 11.9 Å². The van der Waals surface area contributed by atoms with Crippen LogP contribution < -0.4 is 10.6 Å². The van der Waals surface area contributed by atoms with Crippen LogP contribution in [-0.2, 0) is 4.79 Å². The number of amides is 3. The lowest BCUT2D eigenvalue weighted by atomic mass is 9.47. The lowest BCUT2D eigenvalue weighted by molar-refractivity contribution is -0.157. The predicted molar refractivity (Wildman–Crippen MR) is 102 cm³/mol. The van der Waals surface area contributed by atoms with E-state index in [2.05, 4.69) is 29.4 Å². The Morgan fingerprint density at radius 3 is 2.50 bits per heavy atom. The molecule has 2 N–H and O–H groups in total. The molecule has 26 heavy (non-hydrogen) atoms. The molecule has 0 aromatic heterocycles. The highest BCUT2D eigenvalue weighted by Gasteiger charge is 2.61. The Balaban J connectivity index is 1.57. The van der Waals surface area contributed by atoms with Crippen LogP contribution in [0.4, 0.5) is 4.79 Å². The van der Waals surface area contributed by atoms with Crippen molar-refractivity contribution in [2.45, 2.75) is 77.3 Å². The molecule has 1 saturated heterocycles. The summed E-state index contributed by atoms with van der Waals surface area (Å²) in [6.45, 7) is 4.89. The van der Waals surface area contributed by atoms with Crippen LogP contribution in [0.3, 0.4) is 0 Å². The second-order valence-electron chi connectivity index (χ2n) is 9.88. The van der Waals surface area contributed by atoms with Crippen LogP contribution in [0.2, 0.25) is 0 Å². The molecule has 0 spiro atoms. The first-order valence-electron chi connectivity index (χ1n) is 10.5. The SMILES string of the molecule is CNC(=O)NC1CC[C@H]2[C@@H]3CCC4N(C)C(=O)CC[C@]4(C)[C@@H]3CC[C@]12C. The molecule has 2 unspecified atom stereocenters. The first-order valence-corrected chi connectivity index (χ1v) is 10.5. The third-order valence-corrected chi connectivity index (χ3v) is 9.09. The Hall–Kier alpha value is -1.26. The van der Waals surface area contributed by atoms with E-state index < -0.39 is 0 Å². The third-order valence-electron chi connectivity index (χ3n) is 9.09. The van der Waals surface area contributed by atoms with Crippen molar-refractivity contribution in [1.29, 1.82) is 0 Å². The van der Waals surface area contributed by atoms with Gasteiger partial charge in [0.05, 0.1) is 0 Å². The maximum absolute atomic E-state index is 12.2. The van der Waals surface area contributed by atoms with Crippen LogP contribution in [0.15, 0.2) is 0 Å². The first kappa shape index (κ1) is 18.1. The molecule has 0 aromatic carbocycles. The number of fused-ring (bicyclic) bond motifs is 5. The van der Waals surface area contributed by atoms with E-state index in [-0.39, 0.29) is 16.9 Å². The maximum Gasteiger partial charge on any atom is 0.314 e. The number of nitrogens with one attached hydrogen (secondary N) is 2. The maximum atomic E-state index is 12.2. The molecule has 5 nitrogen and oxygen atoms in total. The second-order valence-corrected chi connectivity index (χ2v) is 9.88. The molecule has 146 valence electrons. The Labute approximate surface area is 157 Å². The van der Waals surface area contributed by atoms with Gasteiger partial charge in [0.25, 0.3) is 0 Å². The van der Waals surface area contributed by atoms with Gasteiger partial charge in [-0.2, -0.15) is 0 Å². The van der Waals surface area contributed by atoms with Crippen LogP contribution >= 0.6 is 0 Å². The number of likely N-dealkylation sites (tertiary alicyclic amines) is 1. The van der Waals surface area contributed by atoms with E-state index in [0.717, 1.165) is 37.5 Å². The lowest BCUT2D eigenvalue weighted by Gasteiger charge is -2.61. The van der Waals surface area contributed by atoms with Crippen LogP contribution in [-0.4, -0.2) is 43.0 Å². The van der Waals surface area contributed by atoms with Crippen molar-refractivity contribution in [2.24, 2.45) is 28.6 Å². The Morgan fingerprint density at radius 2 is 1.77 bits per heavy atom. The number of urea groups is 1. The average Bonchev–Trinajstić information content (AvgIpc) is 2.95. The van der Waals surface area contributed by atoms with Crippen LogP contribution in [0.25, 0.3) is 0 Å². The molecule has 3 aliphatic carbocycles. The van der Waals surface area contributed by atoms with E-state index in [1.165, 1.54) is 25.7 Å². The fourth-order valence-electron chi connectivity index (χ4n) is 7.62. The molecule has 0 aromatic rings. The van der Waals surface area contributed by atoms with Crippen LogP contribution in [0.5, 0.6) is 0 Å². The van der Waals surface area contributed by atoms with E-state index in [1.807, 2.05) is 7.05 Å². The summed E-state index contributed by atoms with van der Waals surface area (Å²) >= 11 is 0. The highest BCUT2D eigenvalue weighted by molar-refractivity contribution is 5.77. The van der Waals surface area contributed by atoms with E-state index in [9.17, 15) is 9.59 Å². The van der Waals surface area contributed by atoms with Gasteiger partial charge in [-0.05, 0) is 73.5 Å². The molecule has 5 heteroatoms. The van der Waals surface area contributed by atoms with Gasteiger partial charge in [0, 0.05) is 32.6 Å². The fourth-order valence-corrected chi connectivity index (χ4v) is 7.62. The van der Waals surface area contributed by atoms with Gasteiger partial charge in [0.1, 0.15) is 0 Å². The molecular weight excluding hydrogens is 326 g/mol. The Morgan fingerprint density at radius 1 is 1.04 bits per heavy atom. The molecule has 1 aliphatic heterocycles. The summed E-state index contributed by atoms with van der Waals surface area (Å²) in [7, 11) is 3.72. The number of carbonyl (C=O) groups excluding carboxylic acids is 2. The number of hydrogen-bond acceptors (Lipinski definition) is 2. The molecule has 3 saturated carbocycles. The zero-order valence-electron chi connectivity index (χ0n) is 16.8. The smallest absolute Gasteiger partial charge is 0.314 e. The first-order chi connectivity index (χ1) is 12.3. The van der Waals surface area contributed by atoms with Gasteiger partial charge in [-0.15, -0.1) is 0 Å². The van der Waals surface area contributed by atoms with Crippen molar-refractivity contribution < 1.29 is 9.59 Å². The summed E-state index contributed by atoms with van der Waals surface area (Å²) in [6.07, 6.45) is 8.97. The van der Waals surface area contributed by atoms with Crippen molar-refractivity contribution in [3.05, 3.63) is 0 Å². The van der Waals surface area contributed by atoms with Gasteiger partial charge >= 0.3 is 6.03 Å². The van der Waals surface area contributed by atoms with E-state index in [0.29, 0.717) is 23.9 Å². The number of rotatable bonds is 1. The summed E-state index contributed by atoms with van der Waals surface area (Å²) in [5, 5.41) is 5.97. The normalized spacial score (nSPS) is 47.6. The van der Waals surface area contributed by atoms with Gasteiger partial charge in [0.2, 0.25) is 5.91 Å². The summed E-state index contributed by atoms with van der Waals surface area (Å²) < 4.78 is 0. The van der Waals surface area contributed by atoms with Gasteiger partial charge in [-0.1, -0.05) is 13.8 Å². The number of nitrogens with zero attached hydrogens (tertiary/aromatic N) is 1. The summed E-state index contributed by atoms with van der Waals surface area (Å²) in [6, 6.07) is 0.687. The standard InChI is InChI=1S/C21H35N3O2/c1-20-11-9-15-13(14(20)6-7-16(20)23-19(26)22-3)5-8-17-21(15,2)12-10-18(25)24(17)4/h13-17H,5-12H2,1-4H3,(H2,22,23,26)/t13-,14-,15+,16?,17?,20-,21+/m0/s1. The average molecular weight is 362 g/mol. The molecule has 0 radical (unpaired) electrons. The van der Waals surface area contributed by atoms with Crippen molar-refractivity contribution in [3.63, 3.8) is 0 Å². The Bertz CT molecular complexity index is 608. The minimum absolute atomic E-state index is 0.0397. The molecule has 4 rings (SSSR count). The molecule has 3 amide bonds. The molecule has 4 aliphatic rings. The predicted octanol–water partition coefficient (Wildman–Crippen LogP) is 3.15. The highest BCUT2D eigenvalue weighted by Crippen LogP contribution is 2.64. The number of hydrogen-bond donors (Lipinski definition) is 2. The van der Waals surface area contributed by atoms with Gasteiger partial charge in [-0.3, -0.25) is 4.79 Å². The zero-order valence-corrected chi connectivity index (χ0v) is 16.8. The van der Waals surface area contributed by atoms with E-state index >= 15 is 0 Å². The topological polar surface area (TPSA) is 61.4 Å². The van der Waals surface area contributed by atoms with Crippen LogP contribution in [0, 0.1) is 28.6 Å². The minimum atomic E-state index is -0.0397. The minimum Gasteiger partial charge on any atom is -0.342 e. The van der Waals surface area contributed by atoms with Crippen molar-refractivity contribution in [1.82, 2.24) is 15.5 Å². The highest BCUT2D eigenvalue weighted by atomic mass is 16.2. The van der Waals surface area contributed by atoms with E-state index in [1.54, 1.807) is 7.05 Å². The zero-order chi connectivity index (χ0) is 18.7. The second kappa shape index (κ2) is 6.13.